The lowest BCUT2D eigenvalue weighted by atomic mass is 9.82. The van der Waals surface area contributed by atoms with E-state index in [4.69, 9.17) is 4.74 Å². The van der Waals surface area contributed by atoms with Crippen molar-refractivity contribution in [1.29, 1.82) is 0 Å². The lowest BCUT2D eigenvalue weighted by Gasteiger charge is -2.28. The van der Waals surface area contributed by atoms with Crippen LogP contribution in [0.2, 0.25) is 0 Å². The normalized spacial score (nSPS) is 18.0. The van der Waals surface area contributed by atoms with Crippen molar-refractivity contribution in [3.05, 3.63) is 130 Å². The number of anilines is 3. The standard InChI is InChI=1S/C34H29N3O7/c1-22(9-6-7-18-38)34(41)27-20-25(37(42)43)16-17-28(27)35(33(34)40)21-23-10-8-11-24(19-23)36-29-13-3-5-15-31(29)44-30-14-4-2-12-26(30)32(36)39/h2-6,8-17,19-20,22,38,41H,7,18,21H2,1H3/b9-6+/t22-,34+/m0/s1. The van der Waals surface area contributed by atoms with Gasteiger partial charge in [-0.1, -0.05) is 55.5 Å². The first-order chi connectivity index (χ1) is 21.2. The van der Waals surface area contributed by atoms with Gasteiger partial charge in [0.05, 0.1) is 28.4 Å². The summed E-state index contributed by atoms with van der Waals surface area (Å²) in [6, 6.07) is 25.4. The smallest absolute Gasteiger partial charge is 0.269 e. The average Bonchev–Trinajstić information content (AvgIpc) is 3.15. The number of benzene rings is 4. The van der Waals surface area contributed by atoms with Gasteiger partial charge in [0.1, 0.15) is 5.75 Å². The van der Waals surface area contributed by atoms with Crippen molar-refractivity contribution in [1.82, 2.24) is 0 Å². The summed E-state index contributed by atoms with van der Waals surface area (Å²) in [5.41, 5.74) is 0.348. The number of para-hydroxylation sites is 3. The molecule has 10 nitrogen and oxygen atoms in total. The minimum Gasteiger partial charge on any atom is -0.454 e. The summed E-state index contributed by atoms with van der Waals surface area (Å²) in [6.45, 7) is 1.59. The molecule has 6 rings (SSSR count). The van der Waals surface area contributed by atoms with Crippen molar-refractivity contribution in [2.75, 3.05) is 16.4 Å². The van der Waals surface area contributed by atoms with Gasteiger partial charge in [0.2, 0.25) is 0 Å². The summed E-state index contributed by atoms with van der Waals surface area (Å²) >= 11 is 0. The Balaban J connectivity index is 1.40. The molecular weight excluding hydrogens is 562 g/mol. The lowest BCUT2D eigenvalue weighted by molar-refractivity contribution is -0.385. The van der Waals surface area contributed by atoms with Gasteiger partial charge in [-0.05, 0) is 54.4 Å². The van der Waals surface area contributed by atoms with Gasteiger partial charge in [-0.25, -0.2) is 0 Å². The number of fused-ring (bicyclic) bond motifs is 3. The predicted molar refractivity (Wildman–Crippen MR) is 164 cm³/mol. The molecule has 0 aliphatic carbocycles. The number of nitro benzene ring substituents is 1. The summed E-state index contributed by atoms with van der Waals surface area (Å²) in [4.78, 5) is 41.9. The van der Waals surface area contributed by atoms with Gasteiger partial charge < -0.3 is 19.8 Å². The van der Waals surface area contributed by atoms with E-state index >= 15 is 0 Å². The quantitative estimate of drug-likeness (QED) is 0.146. The fraction of sp³-hybridized carbons (Fsp3) is 0.176. The first-order valence-electron chi connectivity index (χ1n) is 14.1. The van der Waals surface area contributed by atoms with Gasteiger partial charge in [-0.3, -0.25) is 24.6 Å². The molecule has 0 spiro atoms. The van der Waals surface area contributed by atoms with Crippen LogP contribution in [-0.2, 0) is 16.9 Å². The molecule has 0 saturated heterocycles. The summed E-state index contributed by atoms with van der Waals surface area (Å²) in [5, 5.41) is 32.6. The second-order valence-corrected chi connectivity index (χ2v) is 10.7. The van der Waals surface area contributed by atoms with E-state index in [9.17, 15) is 29.9 Å². The fourth-order valence-electron chi connectivity index (χ4n) is 5.76. The number of aliphatic hydroxyl groups excluding tert-OH is 1. The Kier molecular flexibility index (Phi) is 7.46. The molecule has 0 fully saturated rings. The van der Waals surface area contributed by atoms with E-state index in [0.29, 0.717) is 46.1 Å². The molecule has 2 aliphatic rings. The Bertz CT molecular complexity index is 1820. The van der Waals surface area contributed by atoms with Crippen molar-refractivity contribution in [3.63, 3.8) is 0 Å². The van der Waals surface area contributed by atoms with Crippen LogP contribution in [0.4, 0.5) is 22.7 Å². The minimum absolute atomic E-state index is 0.0314. The predicted octanol–water partition coefficient (Wildman–Crippen LogP) is 5.99. The van der Waals surface area contributed by atoms with Gasteiger partial charge in [-0.2, -0.15) is 0 Å². The SMILES string of the molecule is C[C@@H](/C=C/CCO)[C@]1(O)C(=O)N(Cc2cccc(N3C(=O)c4ccccc4Oc4ccccc43)c2)c2ccc([N+](=O)[O-])cc21. The van der Waals surface area contributed by atoms with E-state index in [1.165, 1.54) is 23.1 Å². The van der Waals surface area contributed by atoms with Crippen LogP contribution in [0.3, 0.4) is 0 Å². The van der Waals surface area contributed by atoms with Crippen LogP contribution in [0.15, 0.2) is 103 Å². The number of hydrogen-bond acceptors (Lipinski definition) is 7. The molecule has 2 amide bonds. The van der Waals surface area contributed by atoms with Crippen LogP contribution in [0.1, 0.15) is 34.8 Å². The molecular formula is C34H29N3O7. The Morgan fingerprint density at radius 2 is 1.70 bits per heavy atom. The molecule has 2 aliphatic heterocycles. The number of rotatable bonds is 8. The third kappa shape index (κ3) is 4.80. The first kappa shape index (κ1) is 28.8. The lowest BCUT2D eigenvalue weighted by Crippen LogP contribution is -2.44. The third-order valence-corrected chi connectivity index (χ3v) is 8.00. The molecule has 0 bridgehead atoms. The molecule has 0 aromatic heterocycles. The number of carbonyl (C=O) groups excluding carboxylic acids is 2. The first-order valence-corrected chi connectivity index (χ1v) is 14.1. The second kappa shape index (κ2) is 11.4. The molecule has 0 unspecified atom stereocenters. The molecule has 44 heavy (non-hydrogen) atoms. The van der Waals surface area contributed by atoms with Gasteiger partial charge in [0.25, 0.3) is 17.5 Å². The second-order valence-electron chi connectivity index (χ2n) is 10.7. The summed E-state index contributed by atoms with van der Waals surface area (Å²) < 4.78 is 6.11. The van der Waals surface area contributed by atoms with Crippen LogP contribution in [-0.4, -0.2) is 33.6 Å². The van der Waals surface area contributed by atoms with E-state index in [1.807, 2.05) is 18.2 Å². The molecule has 4 aromatic carbocycles. The van der Waals surface area contributed by atoms with Crippen molar-refractivity contribution < 1.29 is 29.5 Å². The fourth-order valence-corrected chi connectivity index (χ4v) is 5.76. The van der Waals surface area contributed by atoms with Crippen LogP contribution in [0.5, 0.6) is 11.5 Å². The Hall–Kier alpha value is -5.32. The van der Waals surface area contributed by atoms with Crippen LogP contribution < -0.4 is 14.5 Å². The van der Waals surface area contributed by atoms with E-state index < -0.39 is 22.3 Å². The number of amides is 2. The van der Waals surface area contributed by atoms with Crippen molar-refractivity contribution in [2.24, 2.45) is 5.92 Å². The highest BCUT2D eigenvalue weighted by Gasteiger charge is 2.53. The third-order valence-electron chi connectivity index (χ3n) is 8.00. The molecule has 2 atom stereocenters. The van der Waals surface area contributed by atoms with E-state index in [1.54, 1.807) is 78.6 Å². The number of ether oxygens (including phenoxy) is 1. The summed E-state index contributed by atoms with van der Waals surface area (Å²) in [6.07, 6.45) is 3.63. The number of aliphatic hydroxyl groups is 2. The molecule has 4 aromatic rings. The highest BCUT2D eigenvalue weighted by atomic mass is 16.6. The van der Waals surface area contributed by atoms with Crippen molar-refractivity contribution in [2.45, 2.75) is 25.5 Å². The maximum Gasteiger partial charge on any atom is 0.269 e. The Labute approximate surface area is 253 Å². The largest absolute Gasteiger partial charge is 0.454 e. The van der Waals surface area contributed by atoms with E-state index in [-0.39, 0.29) is 30.3 Å². The Morgan fingerprint density at radius 1 is 0.955 bits per heavy atom. The summed E-state index contributed by atoms with van der Waals surface area (Å²) in [5.74, 6) is -0.702. The molecule has 2 heterocycles. The number of carbonyl (C=O) groups is 2. The number of non-ortho nitro benzene ring substituents is 1. The van der Waals surface area contributed by atoms with Crippen molar-refractivity contribution >= 4 is 34.6 Å². The van der Waals surface area contributed by atoms with Crippen molar-refractivity contribution in [3.8, 4) is 11.5 Å². The maximum atomic E-state index is 14.0. The number of nitrogens with zero attached hydrogens (tertiary/aromatic N) is 3. The highest BCUT2D eigenvalue weighted by Crippen LogP contribution is 2.47. The minimum atomic E-state index is -2.06. The molecule has 222 valence electrons. The van der Waals surface area contributed by atoms with E-state index in [2.05, 4.69) is 0 Å². The number of hydrogen-bond donors (Lipinski definition) is 2. The van der Waals surface area contributed by atoms with Crippen LogP contribution in [0.25, 0.3) is 0 Å². The van der Waals surface area contributed by atoms with Gasteiger partial charge in [0.15, 0.2) is 11.4 Å². The van der Waals surface area contributed by atoms with Gasteiger partial charge in [0, 0.05) is 35.9 Å². The monoisotopic (exact) mass is 591 g/mol. The van der Waals surface area contributed by atoms with Crippen LogP contribution in [0, 0.1) is 16.0 Å². The molecule has 10 heteroatoms. The van der Waals surface area contributed by atoms with Crippen LogP contribution >= 0.6 is 0 Å². The number of nitro groups is 1. The molecule has 2 N–H and O–H groups in total. The zero-order valence-electron chi connectivity index (χ0n) is 23.8. The maximum absolute atomic E-state index is 14.0. The highest BCUT2D eigenvalue weighted by molar-refractivity contribution is 6.14. The van der Waals surface area contributed by atoms with Gasteiger partial charge in [-0.15, -0.1) is 0 Å². The van der Waals surface area contributed by atoms with Gasteiger partial charge >= 0.3 is 0 Å². The molecule has 0 radical (unpaired) electrons. The van der Waals surface area contributed by atoms with E-state index in [0.717, 1.165) is 0 Å². The average molecular weight is 592 g/mol. The Morgan fingerprint density at radius 3 is 2.48 bits per heavy atom. The topological polar surface area (TPSA) is 133 Å². The zero-order chi connectivity index (χ0) is 31.0. The molecule has 0 saturated carbocycles. The summed E-state index contributed by atoms with van der Waals surface area (Å²) in [7, 11) is 0. The zero-order valence-corrected chi connectivity index (χ0v) is 23.8.